The maximum absolute atomic E-state index is 13.1. The predicted molar refractivity (Wildman–Crippen MR) is 105 cm³/mol. The maximum atomic E-state index is 13.1. The van der Waals surface area contributed by atoms with Gasteiger partial charge in [0.15, 0.2) is 10.9 Å². The van der Waals surface area contributed by atoms with Crippen LogP contribution in [0.5, 0.6) is 0 Å². The summed E-state index contributed by atoms with van der Waals surface area (Å²) in [7, 11) is 0. The van der Waals surface area contributed by atoms with Crippen molar-refractivity contribution in [2.24, 2.45) is 5.41 Å². The molecule has 0 saturated heterocycles. The van der Waals surface area contributed by atoms with Crippen LogP contribution in [0, 0.1) is 5.41 Å². The Labute approximate surface area is 157 Å². The Morgan fingerprint density at radius 3 is 2.62 bits per heavy atom. The van der Waals surface area contributed by atoms with Gasteiger partial charge in [-0.15, -0.1) is 0 Å². The molecule has 3 N–H and O–H groups in total. The van der Waals surface area contributed by atoms with Crippen LogP contribution in [0.3, 0.4) is 0 Å². The molecule has 0 fully saturated rings. The first-order valence-corrected chi connectivity index (χ1v) is 9.92. The van der Waals surface area contributed by atoms with Crippen LogP contribution in [-0.4, -0.2) is 22.0 Å². The van der Waals surface area contributed by atoms with Gasteiger partial charge in [-0.1, -0.05) is 55.9 Å². The Hall–Kier alpha value is -2.34. The molecule has 134 valence electrons. The van der Waals surface area contributed by atoms with Gasteiger partial charge in [-0.25, -0.2) is 9.97 Å². The summed E-state index contributed by atoms with van der Waals surface area (Å²) in [4.78, 5) is 22.2. The number of Topliss-reactive ketones (excluding diaryl/α,β-unsaturated/α-hetero) is 1. The normalized spacial score (nSPS) is 21.0. The highest BCUT2D eigenvalue weighted by molar-refractivity contribution is 7.98. The molecule has 2 aliphatic rings. The second-order valence-electron chi connectivity index (χ2n) is 7.66. The van der Waals surface area contributed by atoms with E-state index in [0.29, 0.717) is 17.4 Å². The second kappa shape index (κ2) is 6.13. The Morgan fingerprint density at radius 1 is 1.19 bits per heavy atom. The first-order chi connectivity index (χ1) is 12.4. The zero-order chi connectivity index (χ0) is 18.5. The summed E-state index contributed by atoms with van der Waals surface area (Å²) in [5.41, 5.74) is 9.90. The molecule has 26 heavy (non-hydrogen) atoms. The van der Waals surface area contributed by atoms with E-state index in [1.54, 1.807) is 0 Å². The van der Waals surface area contributed by atoms with Crippen molar-refractivity contribution in [2.45, 2.75) is 37.8 Å². The lowest BCUT2D eigenvalue weighted by atomic mass is 9.69. The van der Waals surface area contributed by atoms with Crippen LogP contribution < -0.4 is 11.1 Å². The van der Waals surface area contributed by atoms with E-state index >= 15 is 0 Å². The summed E-state index contributed by atoms with van der Waals surface area (Å²) in [6.45, 7) is 4.26. The third-order valence-electron chi connectivity index (χ3n) is 5.04. The molecular weight excluding hydrogens is 344 g/mol. The fourth-order valence-corrected chi connectivity index (χ4v) is 4.36. The molecule has 2 heterocycles. The standard InChI is InChI=1S/C20H22N4OS/c1-20(2)9-12-15(13(25)10-20)14(11-7-5-4-6-8-11)16-17(21)23-19(26-3)24-18(16)22-12/h4-8,14H,9-10H2,1-3H3,(H3,21,22,23,24)/t14-/m0/s1. The van der Waals surface area contributed by atoms with Gasteiger partial charge in [0.1, 0.15) is 11.6 Å². The van der Waals surface area contributed by atoms with Gasteiger partial charge >= 0.3 is 0 Å². The second-order valence-corrected chi connectivity index (χ2v) is 8.43. The van der Waals surface area contributed by atoms with Crippen molar-refractivity contribution in [3.8, 4) is 0 Å². The molecule has 2 aromatic rings. The smallest absolute Gasteiger partial charge is 0.191 e. The van der Waals surface area contributed by atoms with E-state index in [0.717, 1.165) is 34.6 Å². The van der Waals surface area contributed by atoms with Gasteiger partial charge in [-0.2, -0.15) is 0 Å². The van der Waals surface area contributed by atoms with Crippen molar-refractivity contribution in [3.05, 3.63) is 52.7 Å². The lowest BCUT2D eigenvalue weighted by molar-refractivity contribution is -0.118. The fraction of sp³-hybridized carbons (Fsp3) is 0.350. The maximum Gasteiger partial charge on any atom is 0.191 e. The number of allylic oxidation sites excluding steroid dienone is 2. The summed E-state index contributed by atoms with van der Waals surface area (Å²) in [5, 5.41) is 4.05. The van der Waals surface area contributed by atoms with Crippen molar-refractivity contribution in [1.82, 2.24) is 9.97 Å². The first kappa shape index (κ1) is 17.1. The number of nitrogen functional groups attached to an aromatic ring is 1. The molecular formula is C20H22N4OS. The Bertz CT molecular complexity index is 921. The van der Waals surface area contributed by atoms with E-state index in [1.165, 1.54) is 11.8 Å². The molecule has 0 radical (unpaired) electrons. The summed E-state index contributed by atoms with van der Waals surface area (Å²) in [5.74, 6) is 1.11. The van der Waals surface area contributed by atoms with Crippen LogP contribution in [-0.2, 0) is 4.79 Å². The molecule has 0 unspecified atom stereocenters. The van der Waals surface area contributed by atoms with Crippen LogP contribution in [0.25, 0.3) is 0 Å². The molecule has 0 bridgehead atoms. The first-order valence-electron chi connectivity index (χ1n) is 8.69. The van der Waals surface area contributed by atoms with E-state index < -0.39 is 0 Å². The summed E-state index contributed by atoms with van der Waals surface area (Å²) in [6.07, 6.45) is 3.28. The molecule has 4 rings (SSSR count). The number of aromatic nitrogens is 2. The van der Waals surface area contributed by atoms with Crippen molar-refractivity contribution < 1.29 is 4.79 Å². The van der Waals surface area contributed by atoms with Crippen molar-refractivity contribution >= 4 is 29.2 Å². The number of anilines is 2. The van der Waals surface area contributed by atoms with Crippen LogP contribution in [0.2, 0.25) is 0 Å². The fourth-order valence-electron chi connectivity index (χ4n) is 3.98. The lowest BCUT2D eigenvalue weighted by Gasteiger charge is -2.39. The molecule has 0 amide bonds. The molecule has 6 heteroatoms. The number of hydrogen-bond donors (Lipinski definition) is 2. The van der Waals surface area contributed by atoms with Crippen molar-refractivity contribution in [3.63, 3.8) is 0 Å². The number of carbonyl (C=O) groups is 1. The minimum absolute atomic E-state index is 0.0669. The van der Waals surface area contributed by atoms with Gasteiger partial charge in [0.25, 0.3) is 0 Å². The van der Waals surface area contributed by atoms with E-state index in [1.807, 2.05) is 36.6 Å². The van der Waals surface area contributed by atoms with Crippen LogP contribution in [0.1, 0.15) is 43.7 Å². The van der Waals surface area contributed by atoms with E-state index in [-0.39, 0.29) is 17.1 Å². The number of fused-ring (bicyclic) bond motifs is 1. The zero-order valence-corrected chi connectivity index (χ0v) is 16.0. The number of ketones is 1. The number of nitrogens with two attached hydrogens (primary N) is 1. The highest BCUT2D eigenvalue weighted by Gasteiger charge is 2.42. The SMILES string of the molecule is CSc1nc(N)c2c(n1)NC1=C(C(=O)CC(C)(C)C1)[C@@H]2c1ccccc1. The minimum atomic E-state index is -0.220. The van der Waals surface area contributed by atoms with Gasteiger partial charge < -0.3 is 11.1 Å². The number of hydrogen-bond acceptors (Lipinski definition) is 6. The molecule has 0 saturated carbocycles. The number of thioether (sulfide) groups is 1. The van der Waals surface area contributed by atoms with Gasteiger partial charge in [0.2, 0.25) is 0 Å². The van der Waals surface area contributed by atoms with Gasteiger partial charge in [0.05, 0.1) is 0 Å². The van der Waals surface area contributed by atoms with Crippen LogP contribution in [0.4, 0.5) is 11.6 Å². The Morgan fingerprint density at radius 2 is 1.92 bits per heavy atom. The number of nitrogens with zero attached hydrogens (tertiary/aromatic N) is 2. The third-order valence-corrected chi connectivity index (χ3v) is 5.58. The molecule has 1 atom stereocenters. The average Bonchev–Trinajstić information content (AvgIpc) is 2.59. The Balaban J connectivity index is 1.97. The lowest BCUT2D eigenvalue weighted by Crippen LogP contribution is -2.34. The monoisotopic (exact) mass is 366 g/mol. The number of nitrogens with one attached hydrogen (secondary N) is 1. The van der Waals surface area contributed by atoms with Crippen molar-refractivity contribution in [1.29, 1.82) is 0 Å². The van der Waals surface area contributed by atoms with Crippen molar-refractivity contribution in [2.75, 3.05) is 17.3 Å². The molecule has 1 aromatic carbocycles. The quantitative estimate of drug-likeness (QED) is 0.618. The van der Waals surface area contributed by atoms with E-state index in [4.69, 9.17) is 5.73 Å². The van der Waals surface area contributed by atoms with E-state index in [9.17, 15) is 4.79 Å². The predicted octanol–water partition coefficient (Wildman–Crippen LogP) is 3.98. The number of rotatable bonds is 2. The van der Waals surface area contributed by atoms with Crippen LogP contribution in [0.15, 0.2) is 46.8 Å². The third kappa shape index (κ3) is 2.78. The van der Waals surface area contributed by atoms with E-state index in [2.05, 4.69) is 29.1 Å². The summed E-state index contributed by atoms with van der Waals surface area (Å²) >= 11 is 1.46. The highest BCUT2D eigenvalue weighted by atomic mass is 32.2. The summed E-state index contributed by atoms with van der Waals surface area (Å²) in [6, 6.07) is 10.0. The highest BCUT2D eigenvalue weighted by Crippen LogP contribution is 2.49. The topological polar surface area (TPSA) is 80.9 Å². The number of carbonyl (C=O) groups excluding carboxylic acids is 1. The van der Waals surface area contributed by atoms with Gasteiger partial charge in [-0.3, -0.25) is 4.79 Å². The van der Waals surface area contributed by atoms with Gasteiger partial charge in [0, 0.05) is 29.2 Å². The molecule has 1 aliphatic heterocycles. The molecule has 1 aliphatic carbocycles. The minimum Gasteiger partial charge on any atom is -0.383 e. The molecule has 5 nitrogen and oxygen atoms in total. The van der Waals surface area contributed by atoms with Crippen LogP contribution >= 0.6 is 11.8 Å². The molecule has 1 aromatic heterocycles. The summed E-state index contributed by atoms with van der Waals surface area (Å²) < 4.78 is 0. The average molecular weight is 366 g/mol. The number of benzene rings is 1. The zero-order valence-electron chi connectivity index (χ0n) is 15.2. The largest absolute Gasteiger partial charge is 0.383 e. The Kier molecular flexibility index (Phi) is 4.03. The van der Waals surface area contributed by atoms with Gasteiger partial charge in [-0.05, 0) is 23.7 Å². The molecule has 0 spiro atoms.